The lowest BCUT2D eigenvalue weighted by atomic mass is 10.1. The predicted octanol–water partition coefficient (Wildman–Crippen LogP) is 3.17. The summed E-state index contributed by atoms with van der Waals surface area (Å²) in [4.78, 5) is 10.5. The Bertz CT molecular complexity index is 373. The summed E-state index contributed by atoms with van der Waals surface area (Å²) in [5, 5.41) is 8.50. The summed E-state index contributed by atoms with van der Waals surface area (Å²) in [6.45, 7) is 0. The van der Waals surface area contributed by atoms with Crippen LogP contribution >= 0.6 is 15.9 Å². The molecule has 0 aliphatic carbocycles. The van der Waals surface area contributed by atoms with Crippen LogP contribution in [-0.4, -0.2) is 11.1 Å². The van der Waals surface area contributed by atoms with Crippen molar-refractivity contribution >= 4 is 21.9 Å². The highest BCUT2D eigenvalue weighted by Crippen LogP contribution is 2.33. The lowest BCUT2D eigenvalue weighted by Gasteiger charge is -2.09. The molecule has 0 saturated carbocycles. The van der Waals surface area contributed by atoms with Crippen molar-refractivity contribution < 1.29 is 23.1 Å². The van der Waals surface area contributed by atoms with E-state index in [-0.39, 0.29) is 4.47 Å². The maximum atomic E-state index is 12.3. The van der Waals surface area contributed by atoms with Crippen LogP contribution in [0.2, 0.25) is 0 Å². The molecule has 0 saturated heterocycles. The molecule has 0 atom stereocenters. The molecule has 0 aromatic heterocycles. The molecule has 1 rings (SSSR count). The third-order valence-electron chi connectivity index (χ3n) is 1.52. The molecule has 0 radical (unpaired) electrons. The highest BCUT2D eigenvalue weighted by molar-refractivity contribution is 9.10. The van der Waals surface area contributed by atoms with Gasteiger partial charge in [-0.3, -0.25) is 0 Å². The standard InChI is InChI=1S/C8H4BrF3O2/c9-4-1-2-5(7(13)14)6(3-4)8(10,11)12/h1-3H,(H,13,14). The largest absolute Gasteiger partial charge is 0.478 e. The van der Waals surface area contributed by atoms with Crippen LogP contribution in [0.4, 0.5) is 13.2 Å². The van der Waals surface area contributed by atoms with Crippen LogP contribution < -0.4 is 0 Å². The van der Waals surface area contributed by atoms with E-state index in [0.29, 0.717) is 0 Å². The number of aromatic carboxylic acids is 1. The molecular formula is C8H4BrF3O2. The molecule has 0 spiro atoms. The Kier molecular flexibility index (Phi) is 2.84. The summed E-state index contributed by atoms with van der Waals surface area (Å²) < 4.78 is 37.1. The Morgan fingerprint density at radius 2 is 1.93 bits per heavy atom. The SMILES string of the molecule is O=C(O)c1ccc(Br)cc1C(F)(F)F. The van der Waals surface area contributed by atoms with Crippen LogP contribution in [0.25, 0.3) is 0 Å². The maximum Gasteiger partial charge on any atom is 0.417 e. The van der Waals surface area contributed by atoms with Crippen molar-refractivity contribution in [2.75, 3.05) is 0 Å². The monoisotopic (exact) mass is 268 g/mol. The molecule has 0 heterocycles. The van der Waals surface area contributed by atoms with Gasteiger partial charge in [0.2, 0.25) is 0 Å². The van der Waals surface area contributed by atoms with Gasteiger partial charge in [-0.1, -0.05) is 15.9 Å². The van der Waals surface area contributed by atoms with E-state index in [2.05, 4.69) is 15.9 Å². The molecule has 0 fully saturated rings. The van der Waals surface area contributed by atoms with Gasteiger partial charge in [0.1, 0.15) is 0 Å². The first kappa shape index (κ1) is 11.0. The highest BCUT2D eigenvalue weighted by atomic mass is 79.9. The minimum atomic E-state index is -4.66. The van der Waals surface area contributed by atoms with Gasteiger partial charge >= 0.3 is 12.1 Å². The van der Waals surface area contributed by atoms with Crippen molar-refractivity contribution in [2.24, 2.45) is 0 Å². The van der Waals surface area contributed by atoms with Gasteiger partial charge in [-0.15, -0.1) is 0 Å². The number of carboxylic acid groups (broad SMARTS) is 1. The minimum absolute atomic E-state index is 0.190. The fourth-order valence-corrected chi connectivity index (χ4v) is 1.30. The second kappa shape index (κ2) is 3.61. The fourth-order valence-electron chi connectivity index (χ4n) is 0.937. The molecular weight excluding hydrogens is 265 g/mol. The summed E-state index contributed by atoms with van der Waals surface area (Å²) in [5.74, 6) is -1.59. The van der Waals surface area contributed by atoms with Gasteiger partial charge in [-0.05, 0) is 18.2 Å². The van der Waals surface area contributed by atoms with E-state index in [1.807, 2.05) is 0 Å². The summed E-state index contributed by atoms with van der Waals surface area (Å²) in [5.41, 5.74) is -1.90. The van der Waals surface area contributed by atoms with Crippen molar-refractivity contribution in [3.05, 3.63) is 33.8 Å². The van der Waals surface area contributed by atoms with Gasteiger partial charge in [0.15, 0.2) is 0 Å². The van der Waals surface area contributed by atoms with Gasteiger partial charge in [0, 0.05) is 4.47 Å². The molecule has 0 bridgehead atoms. The number of benzene rings is 1. The van der Waals surface area contributed by atoms with Crippen molar-refractivity contribution in [3.63, 3.8) is 0 Å². The summed E-state index contributed by atoms with van der Waals surface area (Å²) in [6, 6.07) is 2.90. The number of carbonyl (C=O) groups is 1. The number of halogens is 4. The fraction of sp³-hybridized carbons (Fsp3) is 0.125. The quantitative estimate of drug-likeness (QED) is 0.850. The highest BCUT2D eigenvalue weighted by Gasteiger charge is 2.35. The summed E-state index contributed by atoms with van der Waals surface area (Å²) >= 11 is 2.84. The molecule has 1 aromatic rings. The zero-order valence-corrected chi connectivity index (χ0v) is 8.19. The minimum Gasteiger partial charge on any atom is -0.478 e. The predicted molar refractivity (Wildman–Crippen MR) is 46.1 cm³/mol. The van der Waals surface area contributed by atoms with E-state index in [4.69, 9.17) is 5.11 Å². The summed E-state index contributed by atoms with van der Waals surface area (Å²) in [7, 11) is 0. The van der Waals surface area contributed by atoms with Gasteiger partial charge in [-0.2, -0.15) is 13.2 Å². The van der Waals surface area contributed by atoms with Crippen LogP contribution in [0, 0.1) is 0 Å². The normalized spacial score (nSPS) is 11.4. The van der Waals surface area contributed by atoms with Crippen LogP contribution in [0.1, 0.15) is 15.9 Å². The molecule has 1 aromatic carbocycles. The molecule has 1 N–H and O–H groups in total. The molecule has 14 heavy (non-hydrogen) atoms. The van der Waals surface area contributed by atoms with Crippen molar-refractivity contribution in [2.45, 2.75) is 6.18 Å². The lowest BCUT2D eigenvalue weighted by Crippen LogP contribution is -2.12. The second-order valence-electron chi connectivity index (χ2n) is 2.49. The number of hydrogen-bond donors (Lipinski definition) is 1. The zero-order valence-electron chi connectivity index (χ0n) is 6.60. The first-order chi connectivity index (χ1) is 6.32. The molecule has 0 unspecified atom stereocenters. The van der Waals surface area contributed by atoms with Crippen LogP contribution in [0.3, 0.4) is 0 Å². The van der Waals surface area contributed by atoms with E-state index < -0.39 is 23.3 Å². The lowest BCUT2D eigenvalue weighted by molar-refractivity contribution is -0.138. The van der Waals surface area contributed by atoms with Gasteiger partial charge < -0.3 is 5.11 Å². The van der Waals surface area contributed by atoms with Crippen molar-refractivity contribution in [3.8, 4) is 0 Å². The van der Waals surface area contributed by atoms with Crippen LogP contribution in [0.5, 0.6) is 0 Å². The Hall–Kier alpha value is -1.04. The molecule has 2 nitrogen and oxygen atoms in total. The van der Waals surface area contributed by atoms with E-state index in [0.717, 1.165) is 12.1 Å². The molecule has 0 aliphatic heterocycles. The van der Waals surface area contributed by atoms with E-state index in [1.165, 1.54) is 6.07 Å². The Morgan fingerprint density at radius 1 is 1.36 bits per heavy atom. The van der Waals surface area contributed by atoms with Crippen LogP contribution in [0.15, 0.2) is 22.7 Å². The first-order valence-electron chi connectivity index (χ1n) is 3.42. The van der Waals surface area contributed by atoms with Crippen molar-refractivity contribution in [1.29, 1.82) is 0 Å². The topological polar surface area (TPSA) is 37.3 Å². The maximum absolute atomic E-state index is 12.3. The Labute approximate surface area is 85.5 Å². The van der Waals surface area contributed by atoms with Gasteiger partial charge in [0.05, 0.1) is 11.1 Å². The summed E-state index contributed by atoms with van der Waals surface area (Å²) in [6.07, 6.45) is -4.66. The van der Waals surface area contributed by atoms with E-state index in [1.54, 1.807) is 0 Å². The smallest absolute Gasteiger partial charge is 0.417 e. The second-order valence-corrected chi connectivity index (χ2v) is 3.41. The molecule has 0 aliphatic rings. The number of rotatable bonds is 1. The van der Waals surface area contributed by atoms with E-state index in [9.17, 15) is 18.0 Å². The van der Waals surface area contributed by atoms with Crippen LogP contribution in [-0.2, 0) is 6.18 Å². The van der Waals surface area contributed by atoms with Gasteiger partial charge in [-0.25, -0.2) is 4.79 Å². The number of alkyl halides is 3. The Balaban J connectivity index is 3.38. The third-order valence-corrected chi connectivity index (χ3v) is 2.01. The zero-order chi connectivity index (χ0) is 10.9. The van der Waals surface area contributed by atoms with Crippen molar-refractivity contribution in [1.82, 2.24) is 0 Å². The Morgan fingerprint density at radius 3 is 2.36 bits per heavy atom. The number of hydrogen-bond acceptors (Lipinski definition) is 1. The van der Waals surface area contributed by atoms with Gasteiger partial charge in [0.25, 0.3) is 0 Å². The first-order valence-corrected chi connectivity index (χ1v) is 4.21. The van der Waals surface area contributed by atoms with E-state index >= 15 is 0 Å². The third kappa shape index (κ3) is 2.25. The molecule has 76 valence electrons. The average Bonchev–Trinajstić information content (AvgIpc) is 2.01. The number of carboxylic acids is 1. The molecule has 6 heteroatoms. The molecule has 0 amide bonds. The average molecular weight is 269 g/mol.